The van der Waals surface area contributed by atoms with Gasteiger partial charge in [0.15, 0.2) is 0 Å². The minimum absolute atomic E-state index is 0.108. The Kier molecular flexibility index (Phi) is 5.41. The highest BCUT2D eigenvalue weighted by Gasteiger charge is 2.42. The molecule has 0 amide bonds. The van der Waals surface area contributed by atoms with E-state index in [1.807, 2.05) is 26.3 Å². The van der Waals surface area contributed by atoms with E-state index in [0.717, 1.165) is 24.0 Å². The van der Waals surface area contributed by atoms with Crippen LogP contribution >= 0.6 is 27.7 Å². The molecule has 0 radical (unpaired) electrons. The number of thioether (sulfide) groups is 1. The van der Waals surface area contributed by atoms with Gasteiger partial charge in [0.2, 0.25) is 10.0 Å². The zero-order valence-electron chi connectivity index (χ0n) is 12.5. The van der Waals surface area contributed by atoms with E-state index < -0.39 is 10.0 Å². The second kappa shape index (κ2) is 6.58. The highest BCUT2D eigenvalue weighted by atomic mass is 79.9. The van der Waals surface area contributed by atoms with Crippen LogP contribution in [0.3, 0.4) is 0 Å². The van der Waals surface area contributed by atoms with Gasteiger partial charge in [-0.15, -0.1) is 0 Å². The van der Waals surface area contributed by atoms with Crippen molar-refractivity contribution in [3.63, 3.8) is 0 Å². The predicted octanol–water partition coefficient (Wildman–Crippen LogP) is 2.65. The van der Waals surface area contributed by atoms with Gasteiger partial charge in [0.25, 0.3) is 0 Å². The standard InChI is InChI=1S/C14H21BrN2O2S2/c1-10-6-11(8-16-2)7-12(13(10)15)21(18,19)17-9-14(20-3)4-5-14/h6-7,16-17H,4-5,8-9H2,1-3H3. The first-order valence-corrected chi connectivity index (χ1v) is 10.3. The maximum absolute atomic E-state index is 12.6. The van der Waals surface area contributed by atoms with Gasteiger partial charge >= 0.3 is 0 Å². The molecule has 1 fully saturated rings. The lowest BCUT2D eigenvalue weighted by Gasteiger charge is -2.16. The van der Waals surface area contributed by atoms with Gasteiger partial charge in [-0.2, -0.15) is 11.8 Å². The molecule has 0 aromatic heterocycles. The average Bonchev–Trinajstić information content (AvgIpc) is 3.21. The monoisotopic (exact) mass is 392 g/mol. The van der Waals surface area contributed by atoms with Crippen LogP contribution in [0.2, 0.25) is 0 Å². The smallest absolute Gasteiger partial charge is 0.241 e. The number of hydrogen-bond donors (Lipinski definition) is 2. The lowest BCUT2D eigenvalue weighted by molar-refractivity contribution is 0.579. The van der Waals surface area contributed by atoms with Crippen molar-refractivity contribution in [3.8, 4) is 0 Å². The molecular formula is C14H21BrN2O2S2. The Balaban J connectivity index is 2.26. The van der Waals surface area contributed by atoms with Crippen molar-refractivity contribution >= 4 is 37.7 Å². The van der Waals surface area contributed by atoms with E-state index in [1.165, 1.54) is 0 Å². The van der Waals surface area contributed by atoms with Crippen LogP contribution in [-0.2, 0) is 16.6 Å². The first-order chi connectivity index (χ1) is 9.83. The van der Waals surface area contributed by atoms with Crippen molar-refractivity contribution in [3.05, 3.63) is 27.7 Å². The summed E-state index contributed by atoms with van der Waals surface area (Å²) in [6, 6.07) is 3.72. The van der Waals surface area contributed by atoms with Gasteiger partial charge in [0.1, 0.15) is 0 Å². The normalized spacial score (nSPS) is 17.0. The Labute approximate surface area is 139 Å². The van der Waals surface area contributed by atoms with E-state index in [0.29, 0.717) is 22.5 Å². The summed E-state index contributed by atoms with van der Waals surface area (Å²) < 4.78 is 28.7. The SMILES string of the molecule is CNCc1cc(C)c(Br)c(S(=O)(=O)NCC2(SC)CC2)c1. The number of halogens is 1. The zero-order chi connectivity index (χ0) is 15.7. The van der Waals surface area contributed by atoms with Crippen LogP contribution in [0.4, 0.5) is 0 Å². The first kappa shape index (κ1) is 17.3. The molecule has 118 valence electrons. The summed E-state index contributed by atoms with van der Waals surface area (Å²) >= 11 is 5.15. The van der Waals surface area contributed by atoms with Crippen molar-refractivity contribution in [2.45, 2.75) is 36.0 Å². The second-order valence-corrected chi connectivity index (χ2v) is 9.27. The van der Waals surface area contributed by atoms with E-state index in [2.05, 4.69) is 26.0 Å². The molecule has 0 bridgehead atoms. The van der Waals surface area contributed by atoms with E-state index in [9.17, 15) is 8.42 Å². The lowest BCUT2D eigenvalue weighted by atomic mass is 10.1. The molecular weight excluding hydrogens is 372 g/mol. The molecule has 1 aromatic carbocycles. The molecule has 4 nitrogen and oxygen atoms in total. The number of hydrogen-bond acceptors (Lipinski definition) is 4. The molecule has 0 heterocycles. The van der Waals surface area contributed by atoms with Gasteiger partial charge in [-0.3, -0.25) is 0 Å². The quantitative estimate of drug-likeness (QED) is 0.748. The fraction of sp³-hybridized carbons (Fsp3) is 0.571. The third-order valence-corrected chi connectivity index (χ3v) is 7.94. The molecule has 2 N–H and O–H groups in total. The topological polar surface area (TPSA) is 58.2 Å². The number of benzene rings is 1. The van der Waals surface area contributed by atoms with Crippen LogP contribution < -0.4 is 10.0 Å². The molecule has 0 atom stereocenters. The van der Waals surface area contributed by atoms with Crippen LogP contribution in [0.1, 0.15) is 24.0 Å². The van der Waals surface area contributed by atoms with Gasteiger partial charge in [0, 0.05) is 22.3 Å². The highest BCUT2D eigenvalue weighted by Crippen LogP contribution is 2.46. The van der Waals surface area contributed by atoms with Crippen molar-refractivity contribution in [1.82, 2.24) is 10.0 Å². The molecule has 2 rings (SSSR count). The summed E-state index contributed by atoms with van der Waals surface area (Å²) in [7, 11) is -1.65. The molecule has 0 unspecified atom stereocenters. The summed E-state index contributed by atoms with van der Waals surface area (Å²) in [5, 5.41) is 3.05. The van der Waals surface area contributed by atoms with Crippen molar-refractivity contribution in [1.29, 1.82) is 0 Å². The minimum atomic E-state index is -3.50. The van der Waals surface area contributed by atoms with Crippen LogP contribution in [0.5, 0.6) is 0 Å². The minimum Gasteiger partial charge on any atom is -0.316 e. The number of rotatable bonds is 7. The van der Waals surface area contributed by atoms with E-state index >= 15 is 0 Å². The summed E-state index contributed by atoms with van der Waals surface area (Å²) in [6.07, 6.45) is 4.20. The van der Waals surface area contributed by atoms with Gasteiger partial charge in [0.05, 0.1) is 4.90 Å². The summed E-state index contributed by atoms with van der Waals surface area (Å²) in [4.78, 5) is 0.324. The zero-order valence-corrected chi connectivity index (χ0v) is 15.7. The molecule has 1 saturated carbocycles. The Morgan fingerprint density at radius 1 is 1.38 bits per heavy atom. The van der Waals surface area contributed by atoms with E-state index in [1.54, 1.807) is 17.8 Å². The van der Waals surface area contributed by atoms with Crippen molar-refractivity contribution in [2.75, 3.05) is 19.8 Å². The molecule has 1 aliphatic rings. The lowest BCUT2D eigenvalue weighted by Crippen LogP contribution is -2.32. The predicted molar refractivity (Wildman–Crippen MR) is 92.3 cm³/mol. The van der Waals surface area contributed by atoms with Gasteiger partial charge < -0.3 is 5.32 Å². The number of aryl methyl sites for hydroxylation is 1. The largest absolute Gasteiger partial charge is 0.316 e. The van der Waals surface area contributed by atoms with Gasteiger partial charge in [-0.25, -0.2) is 13.1 Å². The maximum Gasteiger partial charge on any atom is 0.241 e. The highest BCUT2D eigenvalue weighted by molar-refractivity contribution is 9.10. The molecule has 21 heavy (non-hydrogen) atoms. The average molecular weight is 393 g/mol. The first-order valence-electron chi connectivity index (χ1n) is 6.82. The second-order valence-electron chi connectivity index (χ2n) is 5.47. The molecule has 1 aliphatic carbocycles. The van der Waals surface area contributed by atoms with Crippen molar-refractivity contribution < 1.29 is 8.42 Å². The molecule has 1 aromatic rings. The Bertz CT molecular complexity index is 628. The number of nitrogens with one attached hydrogen (secondary N) is 2. The molecule has 0 saturated heterocycles. The van der Waals surface area contributed by atoms with E-state index in [4.69, 9.17) is 0 Å². The van der Waals surface area contributed by atoms with Gasteiger partial charge in [-0.05, 0) is 66.2 Å². The van der Waals surface area contributed by atoms with Crippen LogP contribution in [0.25, 0.3) is 0 Å². The van der Waals surface area contributed by atoms with Crippen LogP contribution in [-0.4, -0.2) is 33.0 Å². The summed E-state index contributed by atoms with van der Waals surface area (Å²) in [6.45, 7) is 3.05. The van der Waals surface area contributed by atoms with E-state index in [-0.39, 0.29) is 4.75 Å². The summed E-state index contributed by atoms with van der Waals surface area (Å²) in [5.74, 6) is 0. The van der Waals surface area contributed by atoms with Crippen LogP contribution in [0.15, 0.2) is 21.5 Å². The number of sulfonamides is 1. The van der Waals surface area contributed by atoms with Crippen LogP contribution in [0, 0.1) is 6.92 Å². The molecule has 0 spiro atoms. The Hall–Kier alpha value is -0.0800. The molecule has 7 heteroatoms. The van der Waals surface area contributed by atoms with Gasteiger partial charge in [-0.1, -0.05) is 6.07 Å². The Morgan fingerprint density at radius 3 is 2.57 bits per heavy atom. The fourth-order valence-electron chi connectivity index (χ4n) is 2.21. The maximum atomic E-state index is 12.6. The third kappa shape index (κ3) is 4.01. The molecule has 0 aliphatic heterocycles. The third-order valence-electron chi connectivity index (χ3n) is 3.78. The fourth-order valence-corrected chi connectivity index (χ4v) is 5.22. The summed E-state index contributed by atoms with van der Waals surface area (Å²) in [5.41, 5.74) is 1.89. The Morgan fingerprint density at radius 2 is 2.05 bits per heavy atom. The van der Waals surface area contributed by atoms with Crippen molar-refractivity contribution in [2.24, 2.45) is 0 Å².